The smallest absolute Gasteiger partial charge is 0.0137 e. The molecular formula is C4H12IP. The maximum atomic E-state index is 2.38. The fourth-order valence-corrected chi connectivity index (χ4v) is 0. The summed E-state index contributed by atoms with van der Waals surface area (Å²) in [6.45, 7) is 6.52. The van der Waals surface area contributed by atoms with Gasteiger partial charge in [0.25, 0.3) is 0 Å². The third-order valence-electron chi connectivity index (χ3n) is 0. The van der Waals surface area contributed by atoms with Crippen LogP contribution in [0, 0.1) is 0 Å². The second-order valence-electron chi connectivity index (χ2n) is 2.07. The van der Waals surface area contributed by atoms with E-state index in [0.717, 1.165) is 0 Å². The van der Waals surface area contributed by atoms with E-state index in [1.807, 2.05) is 0 Å². The fourth-order valence-electron chi connectivity index (χ4n) is 0. The lowest BCUT2D eigenvalue weighted by Crippen LogP contribution is -1.97. The molecule has 0 aliphatic rings. The van der Waals surface area contributed by atoms with Crippen LogP contribution < -0.4 is 0 Å². The molecule has 0 saturated heterocycles. The molecule has 0 amide bonds. The number of halogens is 1. The first kappa shape index (κ1) is 10.2. The Bertz CT molecular complexity index is 23.0. The van der Waals surface area contributed by atoms with Gasteiger partial charge >= 0.3 is 0 Å². The first-order chi connectivity index (χ1) is 2.00. The zero-order chi connectivity index (χ0) is 4.50. The van der Waals surface area contributed by atoms with E-state index in [9.17, 15) is 0 Å². The van der Waals surface area contributed by atoms with Crippen molar-refractivity contribution in [3.05, 3.63) is 0 Å². The van der Waals surface area contributed by atoms with Gasteiger partial charge in [-0.3, -0.25) is 0 Å². The van der Waals surface area contributed by atoms with Gasteiger partial charge in [0.1, 0.15) is 0 Å². The van der Waals surface area contributed by atoms with Crippen molar-refractivity contribution < 1.29 is 0 Å². The van der Waals surface area contributed by atoms with Crippen molar-refractivity contribution in [2.24, 2.45) is 0 Å². The highest BCUT2D eigenvalue weighted by atomic mass is 127. The van der Waals surface area contributed by atoms with E-state index in [1.165, 1.54) is 0 Å². The highest BCUT2D eigenvalue weighted by molar-refractivity contribution is 14.1. The molecule has 0 fully saturated rings. The third kappa shape index (κ3) is 66.4. The Kier molecular flexibility index (Phi) is 5.44. The number of alkyl halides is 1. The van der Waals surface area contributed by atoms with Gasteiger partial charge in [-0.15, -0.1) is 0 Å². The van der Waals surface area contributed by atoms with E-state index in [-0.39, 0.29) is 9.90 Å². The molecule has 0 N–H and O–H groups in total. The summed E-state index contributed by atoms with van der Waals surface area (Å²) in [5.74, 6) is 0. The maximum absolute atomic E-state index is 2.38. The monoisotopic (exact) mass is 218 g/mol. The largest absolute Gasteiger partial charge is 0.153 e. The highest BCUT2D eigenvalue weighted by Crippen LogP contribution is 2.12. The minimum atomic E-state index is 0. The molecule has 40 valence electrons. The Balaban J connectivity index is 0. The van der Waals surface area contributed by atoms with Gasteiger partial charge in [0.15, 0.2) is 0 Å². The second-order valence-corrected chi connectivity index (χ2v) is 5.30. The summed E-state index contributed by atoms with van der Waals surface area (Å²) in [5, 5.41) is 0. The first-order valence-corrected chi connectivity index (χ1v) is 2.77. The van der Waals surface area contributed by atoms with Crippen molar-refractivity contribution in [3.63, 3.8) is 0 Å². The Morgan fingerprint density at radius 1 is 1.17 bits per heavy atom. The van der Waals surface area contributed by atoms with Crippen molar-refractivity contribution >= 4 is 32.5 Å². The van der Waals surface area contributed by atoms with Crippen LogP contribution >= 0.6 is 32.5 Å². The molecule has 1 unspecified atom stereocenters. The van der Waals surface area contributed by atoms with E-state index in [0.29, 0.717) is 3.42 Å². The van der Waals surface area contributed by atoms with Crippen molar-refractivity contribution in [1.82, 2.24) is 0 Å². The lowest BCUT2D eigenvalue weighted by atomic mass is 10.3. The second kappa shape index (κ2) is 3.20. The van der Waals surface area contributed by atoms with Crippen LogP contribution in [0.1, 0.15) is 20.8 Å². The van der Waals surface area contributed by atoms with E-state index < -0.39 is 0 Å². The molecule has 0 radical (unpaired) electrons. The predicted octanol–water partition coefficient (Wildman–Crippen LogP) is 2.28. The van der Waals surface area contributed by atoms with Crippen LogP contribution in [-0.2, 0) is 0 Å². The van der Waals surface area contributed by atoms with Crippen LogP contribution in [-0.4, -0.2) is 3.42 Å². The molecule has 2 heteroatoms. The van der Waals surface area contributed by atoms with Gasteiger partial charge in [-0.25, -0.2) is 0 Å². The minimum absolute atomic E-state index is 0. The Morgan fingerprint density at radius 2 is 1.17 bits per heavy atom. The zero-order valence-corrected chi connectivity index (χ0v) is 8.16. The number of rotatable bonds is 0. The molecule has 0 spiro atoms. The first-order valence-electron chi connectivity index (χ1n) is 1.69. The third-order valence-corrected chi connectivity index (χ3v) is 0. The summed E-state index contributed by atoms with van der Waals surface area (Å²) in [6.07, 6.45) is 0. The Labute approximate surface area is 56.8 Å². The maximum Gasteiger partial charge on any atom is 0.0137 e. The van der Waals surface area contributed by atoms with Gasteiger partial charge in [-0.05, 0) is 0 Å². The van der Waals surface area contributed by atoms with Gasteiger partial charge < -0.3 is 0 Å². The summed E-state index contributed by atoms with van der Waals surface area (Å²) in [6, 6.07) is 0. The molecule has 0 aromatic rings. The average molecular weight is 218 g/mol. The SMILES string of the molecule is CC(C)(C)I.P. The molecule has 6 heavy (non-hydrogen) atoms. The number of hydrogen-bond donors (Lipinski definition) is 0. The van der Waals surface area contributed by atoms with Crippen molar-refractivity contribution in [2.75, 3.05) is 0 Å². The minimum Gasteiger partial charge on any atom is -0.153 e. The molecule has 0 aliphatic heterocycles. The topological polar surface area (TPSA) is 0 Å². The quantitative estimate of drug-likeness (QED) is 0.332. The highest BCUT2D eigenvalue weighted by Gasteiger charge is 1.98. The summed E-state index contributed by atoms with van der Waals surface area (Å²) < 4.78 is 0.470. The zero-order valence-electron chi connectivity index (χ0n) is 4.59. The molecule has 1 atom stereocenters. The molecule has 0 aromatic carbocycles. The van der Waals surface area contributed by atoms with Gasteiger partial charge in [0.05, 0.1) is 0 Å². The van der Waals surface area contributed by atoms with Crippen molar-refractivity contribution in [3.8, 4) is 0 Å². The molecule has 0 aliphatic carbocycles. The van der Waals surface area contributed by atoms with Crippen molar-refractivity contribution in [2.45, 2.75) is 24.2 Å². The van der Waals surface area contributed by atoms with E-state index >= 15 is 0 Å². The van der Waals surface area contributed by atoms with E-state index in [2.05, 4.69) is 43.4 Å². The van der Waals surface area contributed by atoms with Crippen LogP contribution in [0.15, 0.2) is 0 Å². The van der Waals surface area contributed by atoms with Crippen molar-refractivity contribution in [1.29, 1.82) is 0 Å². The van der Waals surface area contributed by atoms with Gasteiger partial charge in [0, 0.05) is 3.42 Å². The fraction of sp³-hybridized carbons (Fsp3) is 1.00. The van der Waals surface area contributed by atoms with Crippen LogP contribution in [0.4, 0.5) is 0 Å². The Morgan fingerprint density at radius 3 is 1.17 bits per heavy atom. The van der Waals surface area contributed by atoms with Crippen LogP contribution in [0.25, 0.3) is 0 Å². The normalized spacial score (nSPS) is 10.0. The van der Waals surface area contributed by atoms with Crippen LogP contribution in [0.2, 0.25) is 0 Å². The molecule has 0 aromatic heterocycles. The standard InChI is InChI=1S/C4H9I.H3P/c1-4(2,3)5;/h1-3H3;1H3. The van der Waals surface area contributed by atoms with Gasteiger partial charge in [0.2, 0.25) is 0 Å². The lowest BCUT2D eigenvalue weighted by molar-refractivity contribution is 0.847. The molecule has 0 bridgehead atoms. The van der Waals surface area contributed by atoms with Gasteiger partial charge in [-0.1, -0.05) is 43.4 Å². The molecule has 0 rings (SSSR count). The molecule has 0 nitrogen and oxygen atoms in total. The summed E-state index contributed by atoms with van der Waals surface area (Å²) in [5.41, 5.74) is 0. The Hall–Kier alpha value is 1.16. The van der Waals surface area contributed by atoms with Gasteiger partial charge in [-0.2, -0.15) is 9.90 Å². The summed E-state index contributed by atoms with van der Waals surface area (Å²) >= 11 is 2.38. The summed E-state index contributed by atoms with van der Waals surface area (Å²) in [7, 11) is 0. The van der Waals surface area contributed by atoms with E-state index in [1.54, 1.807) is 0 Å². The predicted molar refractivity (Wildman–Crippen MR) is 44.9 cm³/mol. The molecule has 0 saturated carbocycles. The lowest BCUT2D eigenvalue weighted by Gasteiger charge is -2.02. The van der Waals surface area contributed by atoms with E-state index in [4.69, 9.17) is 0 Å². The molecular weight excluding hydrogens is 206 g/mol. The molecule has 0 heterocycles. The van der Waals surface area contributed by atoms with Crippen LogP contribution in [0.5, 0.6) is 0 Å². The average Bonchev–Trinajstić information content (AvgIpc) is 0.722. The van der Waals surface area contributed by atoms with Crippen LogP contribution in [0.3, 0.4) is 0 Å². The number of hydrogen-bond acceptors (Lipinski definition) is 0. The summed E-state index contributed by atoms with van der Waals surface area (Å²) in [4.78, 5) is 0.